The number of nitrogens with one attached hydrogen (secondary N) is 4. The molecule has 2 rings (SSSR count). The third-order valence-corrected chi connectivity index (χ3v) is 4.71. The summed E-state index contributed by atoms with van der Waals surface area (Å²) in [4.78, 5) is 48.8. The Morgan fingerprint density at radius 3 is 1.94 bits per heavy atom. The molecular weight excluding hydrogens is 424 g/mol. The van der Waals surface area contributed by atoms with Gasteiger partial charge in [0, 0.05) is 13.3 Å². The van der Waals surface area contributed by atoms with E-state index in [9.17, 15) is 19.2 Å². The van der Waals surface area contributed by atoms with Crippen molar-refractivity contribution in [2.75, 3.05) is 0 Å². The Kier molecular flexibility index (Phi) is 9.88. The predicted octanol–water partition coefficient (Wildman–Crippen LogP) is 1.83. The van der Waals surface area contributed by atoms with Gasteiger partial charge >= 0.3 is 12.0 Å². The minimum absolute atomic E-state index is 0.0841. The van der Waals surface area contributed by atoms with E-state index in [0.29, 0.717) is 0 Å². The Bertz CT molecular complexity index is 934. The van der Waals surface area contributed by atoms with Crippen molar-refractivity contribution < 1.29 is 23.9 Å². The summed E-state index contributed by atoms with van der Waals surface area (Å²) in [5.74, 6) is -1.82. The number of ether oxygens (including phenoxy) is 1. The van der Waals surface area contributed by atoms with Crippen LogP contribution in [-0.2, 0) is 32.1 Å². The van der Waals surface area contributed by atoms with Crippen molar-refractivity contribution in [1.82, 2.24) is 21.5 Å². The van der Waals surface area contributed by atoms with Crippen LogP contribution in [-0.4, -0.2) is 35.9 Å². The maximum atomic E-state index is 12.5. The number of amides is 4. The third kappa shape index (κ3) is 9.02. The van der Waals surface area contributed by atoms with Gasteiger partial charge in [0.15, 0.2) is 0 Å². The summed E-state index contributed by atoms with van der Waals surface area (Å²) in [5, 5.41) is 5.08. The Balaban J connectivity index is 1.89. The van der Waals surface area contributed by atoms with Crippen LogP contribution in [0.2, 0.25) is 0 Å². The molecule has 0 radical (unpaired) electrons. The molecule has 9 nitrogen and oxygen atoms in total. The van der Waals surface area contributed by atoms with Gasteiger partial charge in [-0.25, -0.2) is 15.0 Å². The number of hydrazine groups is 1. The lowest BCUT2D eigenvalue weighted by atomic mass is 10.1. The van der Waals surface area contributed by atoms with Crippen LogP contribution in [0.4, 0.5) is 4.79 Å². The smallest absolute Gasteiger partial charge is 0.334 e. The van der Waals surface area contributed by atoms with Crippen molar-refractivity contribution in [2.24, 2.45) is 5.92 Å². The molecular formula is C24H30N4O5. The van der Waals surface area contributed by atoms with Crippen molar-refractivity contribution in [3.8, 4) is 0 Å². The second kappa shape index (κ2) is 12.8. The topological polar surface area (TPSA) is 126 Å². The van der Waals surface area contributed by atoms with E-state index in [1.807, 2.05) is 60.7 Å². The summed E-state index contributed by atoms with van der Waals surface area (Å²) in [5.41, 5.74) is 6.18. The highest BCUT2D eigenvalue weighted by Gasteiger charge is 2.26. The van der Waals surface area contributed by atoms with Gasteiger partial charge in [0.2, 0.25) is 5.91 Å². The molecule has 2 aromatic rings. The largest absolute Gasteiger partial charge is 0.459 e. The van der Waals surface area contributed by atoms with Crippen molar-refractivity contribution in [2.45, 2.75) is 45.9 Å². The van der Waals surface area contributed by atoms with Gasteiger partial charge in [-0.15, -0.1) is 0 Å². The molecule has 9 heteroatoms. The SMILES string of the molecule is CC(=O)NC(Cc1ccccc1)C(=O)NNC(=O)NC(C(=O)OCc1ccccc1)C(C)C. The van der Waals surface area contributed by atoms with Crippen LogP contribution in [0, 0.1) is 5.92 Å². The van der Waals surface area contributed by atoms with Gasteiger partial charge in [0.25, 0.3) is 5.91 Å². The van der Waals surface area contributed by atoms with Gasteiger partial charge in [-0.3, -0.25) is 15.0 Å². The molecule has 2 aromatic carbocycles. The average molecular weight is 455 g/mol. The highest BCUT2D eigenvalue weighted by atomic mass is 16.5. The molecule has 0 aromatic heterocycles. The molecule has 0 aliphatic heterocycles. The zero-order valence-corrected chi connectivity index (χ0v) is 19.0. The van der Waals surface area contributed by atoms with E-state index in [1.54, 1.807) is 13.8 Å². The van der Waals surface area contributed by atoms with E-state index in [-0.39, 0.29) is 24.9 Å². The molecule has 2 atom stereocenters. The lowest BCUT2D eigenvalue weighted by molar-refractivity contribution is -0.148. The molecule has 4 N–H and O–H groups in total. The summed E-state index contributed by atoms with van der Waals surface area (Å²) in [6.45, 7) is 4.92. The van der Waals surface area contributed by atoms with Crippen LogP contribution in [0.15, 0.2) is 60.7 Å². The summed E-state index contributed by atoms with van der Waals surface area (Å²) < 4.78 is 5.31. The van der Waals surface area contributed by atoms with Gasteiger partial charge in [-0.1, -0.05) is 74.5 Å². The minimum atomic E-state index is -0.916. The fraction of sp³-hybridized carbons (Fsp3) is 0.333. The summed E-state index contributed by atoms with van der Waals surface area (Å²) >= 11 is 0. The molecule has 0 saturated heterocycles. The van der Waals surface area contributed by atoms with Gasteiger partial charge in [0.05, 0.1) is 0 Å². The summed E-state index contributed by atoms with van der Waals surface area (Å²) in [6, 6.07) is 15.8. The van der Waals surface area contributed by atoms with Crippen LogP contribution in [0.3, 0.4) is 0 Å². The zero-order chi connectivity index (χ0) is 24.2. The predicted molar refractivity (Wildman–Crippen MR) is 122 cm³/mol. The second-order valence-corrected chi connectivity index (χ2v) is 7.85. The number of rotatable bonds is 9. The van der Waals surface area contributed by atoms with Crippen molar-refractivity contribution in [1.29, 1.82) is 0 Å². The number of carbonyl (C=O) groups is 4. The lowest BCUT2D eigenvalue weighted by Crippen LogP contribution is -2.57. The van der Waals surface area contributed by atoms with E-state index < -0.39 is 30.0 Å². The Morgan fingerprint density at radius 2 is 1.39 bits per heavy atom. The molecule has 33 heavy (non-hydrogen) atoms. The first-order valence-corrected chi connectivity index (χ1v) is 10.6. The Labute approximate surface area is 193 Å². The number of urea groups is 1. The van der Waals surface area contributed by atoms with Crippen LogP contribution in [0.5, 0.6) is 0 Å². The zero-order valence-electron chi connectivity index (χ0n) is 19.0. The van der Waals surface area contributed by atoms with Gasteiger partial charge < -0.3 is 15.4 Å². The highest BCUT2D eigenvalue weighted by molar-refractivity contribution is 5.89. The Morgan fingerprint density at radius 1 is 0.818 bits per heavy atom. The number of carbonyl (C=O) groups excluding carboxylic acids is 4. The molecule has 0 aliphatic rings. The number of esters is 1. The van der Waals surface area contributed by atoms with Gasteiger partial charge in [-0.2, -0.15) is 0 Å². The van der Waals surface area contributed by atoms with Crippen LogP contribution in [0.25, 0.3) is 0 Å². The van der Waals surface area contributed by atoms with E-state index in [0.717, 1.165) is 11.1 Å². The van der Waals surface area contributed by atoms with Gasteiger partial charge in [-0.05, 0) is 17.0 Å². The first-order chi connectivity index (χ1) is 15.8. The Hall–Kier alpha value is -3.88. The number of benzene rings is 2. The van der Waals surface area contributed by atoms with E-state index in [2.05, 4.69) is 21.5 Å². The fourth-order valence-corrected chi connectivity index (χ4v) is 3.00. The maximum Gasteiger partial charge on any atom is 0.334 e. The lowest BCUT2D eigenvalue weighted by Gasteiger charge is -2.22. The molecule has 0 fully saturated rings. The standard InChI is InChI=1S/C24H30N4O5/c1-16(2)21(23(31)33-15-19-12-8-5-9-13-19)26-24(32)28-27-22(30)20(25-17(3)29)14-18-10-6-4-7-11-18/h4-13,16,20-21H,14-15H2,1-3H3,(H,25,29)(H,27,30)(H2,26,28,32). The molecule has 0 heterocycles. The molecule has 0 saturated carbocycles. The maximum absolute atomic E-state index is 12.5. The molecule has 4 amide bonds. The van der Waals surface area contributed by atoms with E-state index in [4.69, 9.17) is 4.74 Å². The normalized spacial score (nSPS) is 12.2. The van der Waals surface area contributed by atoms with Crippen molar-refractivity contribution >= 4 is 23.8 Å². The average Bonchev–Trinajstić information content (AvgIpc) is 2.80. The molecule has 0 aliphatic carbocycles. The molecule has 2 unspecified atom stereocenters. The first-order valence-electron chi connectivity index (χ1n) is 10.6. The minimum Gasteiger partial charge on any atom is -0.459 e. The number of hydrogen-bond acceptors (Lipinski definition) is 5. The van der Waals surface area contributed by atoms with Crippen LogP contribution < -0.4 is 21.5 Å². The van der Waals surface area contributed by atoms with Crippen LogP contribution in [0.1, 0.15) is 31.9 Å². The van der Waals surface area contributed by atoms with Crippen molar-refractivity contribution in [3.63, 3.8) is 0 Å². The van der Waals surface area contributed by atoms with Gasteiger partial charge in [0.1, 0.15) is 18.7 Å². The third-order valence-electron chi connectivity index (χ3n) is 4.71. The monoisotopic (exact) mass is 454 g/mol. The molecule has 176 valence electrons. The van der Waals surface area contributed by atoms with E-state index in [1.165, 1.54) is 6.92 Å². The van der Waals surface area contributed by atoms with E-state index >= 15 is 0 Å². The first kappa shape index (κ1) is 25.4. The fourth-order valence-electron chi connectivity index (χ4n) is 3.00. The molecule has 0 spiro atoms. The quantitative estimate of drug-likeness (QED) is 0.340. The second-order valence-electron chi connectivity index (χ2n) is 7.85. The van der Waals surface area contributed by atoms with Crippen molar-refractivity contribution in [3.05, 3.63) is 71.8 Å². The summed E-state index contributed by atoms with van der Waals surface area (Å²) in [7, 11) is 0. The highest BCUT2D eigenvalue weighted by Crippen LogP contribution is 2.07. The van der Waals surface area contributed by atoms with Crippen LogP contribution >= 0.6 is 0 Å². The molecule has 0 bridgehead atoms. The summed E-state index contributed by atoms with van der Waals surface area (Å²) in [6.07, 6.45) is 0.246. The number of hydrogen-bond donors (Lipinski definition) is 4.